The van der Waals surface area contributed by atoms with Gasteiger partial charge in [-0.25, -0.2) is 0 Å². The van der Waals surface area contributed by atoms with Crippen LogP contribution in [0.3, 0.4) is 0 Å². The molecule has 0 amide bonds. The quantitative estimate of drug-likeness (QED) is 0.665. The van der Waals surface area contributed by atoms with E-state index in [1.165, 1.54) is 6.92 Å². The summed E-state index contributed by atoms with van der Waals surface area (Å²) in [6.45, 7) is 1.93. The molecular weight excluding hydrogens is 168 g/mol. The second kappa shape index (κ2) is 5.12. The number of ether oxygens (including phenoxy) is 1. The molecule has 1 aliphatic carbocycles. The third kappa shape index (κ3) is 3.68. The number of ketones is 2. The largest absolute Gasteiger partial charge is 0.370 e. The van der Waals surface area contributed by atoms with Gasteiger partial charge in [0.05, 0.1) is 6.61 Å². The summed E-state index contributed by atoms with van der Waals surface area (Å²) >= 11 is 0. The molecule has 0 aromatic heterocycles. The second-order valence-corrected chi connectivity index (χ2v) is 3.52. The first-order valence-corrected chi connectivity index (χ1v) is 4.84. The predicted molar refractivity (Wildman–Crippen MR) is 48.5 cm³/mol. The van der Waals surface area contributed by atoms with Crippen LogP contribution in [0, 0.1) is 0 Å². The fourth-order valence-electron chi connectivity index (χ4n) is 1.47. The summed E-state index contributed by atoms with van der Waals surface area (Å²) < 4.78 is 5.34. The molecule has 1 saturated carbocycles. The molecule has 0 saturated heterocycles. The highest BCUT2D eigenvalue weighted by Crippen LogP contribution is 2.17. The Morgan fingerprint density at radius 3 is 2.92 bits per heavy atom. The Morgan fingerprint density at radius 2 is 2.31 bits per heavy atom. The van der Waals surface area contributed by atoms with Gasteiger partial charge in [0.25, 0.3) is 0 Å². The number of hydrogen-bond donors (Lipinski definition) is 0. The molecule has 0 spiro atoms. The van der Waals surface area contributed by atoms with Crippen molar-refractivity contribution in [1.29, 1.82) is 0 Å². The molecule has 3 nitrogen and oxygen atoms in total. The molecule has 74 valence electrons. The molecule has 0 bridgehead atoms. The molecule has 1 rings (SSSR count). The van der Waals surface area contributed by atoms with Crippen LogP contribution in [0.2, 0.25) is 0 Å². The average molecular weight is 184 g/mol. The van der Waals surface area contributed by atoms with Gasteiger partial charge in [0.2, 0.25) is 0 Å². The van der Waals surface area contributed by atoms with Gasteiger partial charge in [0.15, 0.2) is 5.78 Å². The summed E-state index contributed by atoms with van der Waals surface area (Å²) in [4.78, 5) is 21.9. The van der Waals surface area contributed by atoms with Crippen molar-refractivity contribution in [2.75, 3.05) is 6.61 Å². The number of rotatable bonds is 4. The highest BCUT2D eigenvalue weighted by Gasteiger charge is 2.22. The molecule has 1 unspecified atom stereocenters. The van der Waals surface area contributed by atoms with Gasteiger partial charge in [-0.3, -0.25) is 9.59 Å². The summed E-state index contributed by atoms with van der Waals surface area (Å²) in [5, 5.41) is 0. The summed E-state index contributed by atoms with van der Waals surface area (Å²) in [6, 6.07) is 0. The van der Waals surface area contributed by atoms with Gasteiger partial charge in [0, 0.05) is 12.8 Å². The zero-order chi connectivity index (χ0) is 9.68. The minimum atomic E-state index is -0.229. The predicted octanol–water partition coefficient (Wildman–Crippen LogP) is 1.49. The van der Waals surface area contributed by atoms with Crippen LogP contribution in [0.15, 0.2) is 0 Å². The minimum absolute atomic E-state index is 0.114. The van der Waals surface area contributed by atoms with E-state index in [0.717, 1.165) is 19.3 Å². The monoisotopic (exact) mass is 184 g/mol. The van der Waals surface area contributed by atoms with E-state index in [1.807, 2.05) is 0 Å². The zero-order valence-electron chi connectivity index (χ0n) is 8.04. The fraction of sp³-hybridized carbons (Fsp3) is 0.800. The number of Topliss-reactive ketones (excluding diaryl/α,β-unsaturated/α-hetero) is 2. The maximum Gasteiger partial charge on any atom is 0.161 e. The molecule has 13 heavy (non-hydrogen) atoms. The van der Waals surface area contributed by atoms with Gasteiger partial charge in [0.1, 0.15) is 11.9 Å². The Kier molecular flexibility index (Phi) is 4.09. The average Bonchev–Trinajstić information content (AvgIpc) is 2.08. The van der Waals surface area contributed by atoms with Gasteiger partial charge in [-0.2, -0.15) is 0 Å². The van der Waals surface area contributed by atoms with Crippen molar-refractivity contribution in [3.63, 3.8) is 0 Å². The first kappa shape index (κ1) is 10.4. The van der Waals surface area contributed by atoms with Gasteiger partial charge in [-0.05, 0) is 26.2 Å². The molecule has 1 aliphatic rings. The van der Waals surface area contributed by atoms with Crippen LogP contribution in [0.25, 0.3) is 0 Å². The summed E-state index contributed by atoms with van der Waals surface area (Å²) in [6.07, 6.45) is 3.72. The molecule has 0 radical (unpaired) electrons. The molecule has 3 heteroatoms. The highest BCUT2D eigenvalue weighted by molar-refractivity contribution is 5.83. The van der Waals surface area contributed by atoms with E-state index in [2.05, 4.69) is 0 Å². The lowest BCUT2D eigenvalue weighted by Gasteiger charge is -2.20. The van der Waals surface area contributed by atoms with Crippen molar-refractivity contribution in [3.8, 4) is 0 Å². The molecule has 1 fully saturated rings. The molecule has 0 aliphatic heterocycles. The summed E-state index contributed by atoms with van der Waals surface area (Å²) in [5.74, 6) is 0.318. The normalized spacial score (nSPS) is 23.2. The molecule has 0 N–H and O–H groups in total. The Balaban J connectivity index is 2.19. The lowest BCUT2D eigenvalue weighted by atomic mass is 9.96. The third-order valence-electron chi connectivity index (χ3n) is 2.27. The van der Waals surface area contributed by atoms with Crippen LogP contribution in [0.4, 0.5) is 0 Å². The molecule has 1 atom stereocenters. The van der Waals surface area contributed by atoms with Crippen LogP contribution in [0.5, 0.6) is 0 Å². The fourth-order valence-corrected chi connectivity index (χ4v) is 1.47. The van der Waals surface area contributed by atoms with Crippen LogP contribution >= 0.6 is 0 Å². The minimum Gasteiger partial charge on any atom is -0.370 e. The van der Waals surface area contributed by atoms with E-state index < -0.39 is 0 Å². The third-order valence-corrected chi connectivity index (χ3v) is 2.27. The lowest BCUT2D eigenvalue weighted by Crippen LogP contribution is -2.28. The number of carbonyl (C=O) groups is 2. The zero-order valence-corrected chi connectivity index (χ0v) is 8.04. The Bertz CT molecular complexity index is 198. The lowest BCUT2D eigenvalue weighted by molar-refractivity contribution is -0.134. The molecule has 0 aromatic carbocycles. The molecular formula is C10H16O3. The van der Waals surface area contributed by atoms with Gasteiger partial charge < -0.3 is 4.74 Å². The van der Waals surface area contributed by atoms with Crippen LogP contribution in [-0.4, -0.2) is 24.3 Å². The Hall–Kier alpha value is -0.700. The number of hydrogen-bond acceptors (Lipinski definition) is 3. The van der Waals surface area contributed by atoms with Gasteiger partial charge >= 0.3 is 0 Å². The van der Waals surface area contributed by atoms with Gasteiger partial charge in [-0.15, -0.1) is 0 Å². The first-order chi connectivity index (χ1) is 6.20. The highest BCUT2D eigenvalue weighted by atomic mass is 16.5. The van der Waals surface area contributed by atoms with E-state index >= 15 is 0 Å². The second-order valence-electron chi connectivity index (χ2n) is 3.52. The van der Waals surface area contributed by atoms with Crippen molar-refractivity contribution >= 4 is 11.6 Å². The Morgan fingerprint density at radius 1 is 1.54 bits per heavy atom. The van der Waals surface area contributed by atoms with E-state index in [0.29, 0.717) is 19.4 Å². The topological polar surface area (TPSA) is 43.4 Å². The number of carbonyl (C=O) groups excluding carboxylic acids is 2. The van der Waals surface area contributed by atoms with Crippen molar-refractivity contribution in [2.24, 2.45) is 0 Å². The van der Waals surface area contributed by atoms with Crippen molar-refractivity contribution in [2.45, 2.75) is 45.1 Å². The van der Waals surface area contributed by atoms with E-state index in [1.54, 1.807) is 0 Å². The molecule has 0 aromatic rings. The van der Waals surface area contributed by atoms with Crippen molar-refractivity contribution < 1.29 is 14.3 Å². The molecule has 0 heterocycles. The SMILES string of the molecule is CC(=O)CCOC1CCCCC1=O. The maximum atomic E-state index is 11.3. The van der Waals surface area contributed by atoms with Crippen LogP contribution in [0.1, 0.15) is 39.0 Å². The maximum absolute atomic E-state index is 11.3. The Labute approximate surface area is 78.5 Å². The van der Waals surface area contributed by atoms with Crippen LogP contribution < -0.4 is 0 Å². The van der Waals surface area contributed by atoms with Gasteiger partial charge in [-0.1, -0.05) is 0 Å². The first-order valence-electron chi connectivity index (χ1n) is 4.84. The van der Waals surface area contributed by atoms with Crippen LogP contribution in [-0.2, 0) is 14.3 Å². The van der Waals surface area contributed by atoms with E-state index in [4.69, 9.17) is 4.74 Å². The van der Waals surface area contributed by atoms with Crippen molar-refractivity contribution in [1.82, 2.24) is 0 Å². The standard InChI is InChI=1S/C10H16O3/c1-8(11)6-7-13-10-5-3-2-4-9(10)12/h10H,2-7H2,1H3. The van der Waals surface area contributed by atoms with E-state index in [9.17, 15) is 9.59 Å². The summed E-state index contributed by atoms with van der Waals surface area (Å²) in [7, 11) is 0. The van der Waals surface area contributed by atoms with E-state index in [-0.39, 0.29) is 17.7 Å². The van der Waals surface area contributed by atoms with Crippen molar-refractivity contribution in [3.05, 3.63) is 0 Å². The summed E-state index contributed by atoms with van der Waals surface area (Å²) in [5.41, 5.74) is 0. The smallest absolute Gasteiger partial charge is 0.161 e.